The maximum absolute atomic E-state index is 14.1. The molecule has 168 valence electrons. The molecule has 2 amide bonds. The minimum Gasteiger partial charge on any atom is -0.480 e. The minimum absolute atomic E-state index is 0.170. The van der Waals surface area contributed by atoms with E-state index in [2.05, 4.69) is 5.32 Å². The maximum atomic E-state index is 14.1. The summed E-state index contributed by atoms with van der Waals surface area (Å²) in [5.74, 6) is -4.34. The number of halogens is 2. The monoisotopic (exact) mass is 443 g/mol. The number of carbonyl (C=O) groups is 3. The van der Waals surface area contributed by atoms with Crippen molar-refractivity contribution in [2.24, 2.45) is 0 Å². The summed E-state index contributed by atoms with van der Waals surface area (Å²) in [6.45, 7) is -0.115. The van der Waals surface area contributed by atoms with E-state index in [1.165, 1.54) is 21.9 Å². The molecule has 2 saturated heterocycles. The van der Waals surface area contributed by atoms with Crippen molar-refractivity contribution in [3.63, 3.8) is 0 Å². The van der Waals surface area contributed by atoms with Crippen LogP contribution in [0.2, 0.25) is 0 Å². The van der Waals surface area contributed by atoms with Crippen molar-refractivity contribution in [2.75, 3.05) is 19.6 Å². The molecule has 2 aromatic rings. The van der Waals surface area contributed by atoms with Gasteiger partial charge in [-0.15, -0.1) is 0 Å². The topological polar surface area (TPSA) is 89.9 Å². The fraction of sp³-hybridized carbons (Fsp3) is 0.348. The lowest BCUT2D eigenvalue weighted by molar-refractivity contribution is -0.147. The predicted molar refractivity (Wildman–Crippen MR) is 111 cm³/mol. The van der Waals surface area contributed by atoms with E-state index < -0.39 is 41.8 Å². The van der Waals surface area contributed by atoms with Crippen LogP contribution in [0.25, 0.3) is 0 Å². The Kier molecular flexibility index (Phi) is 5.92. The van der Waals surface area contributed by atoms with Crippen molar-refractivity contribution in [3.05, 3.63) is 71.3 Å². The summed E-state index contributed by atoms with van der Waals surface area (Å²) in [7, 11) is 0. The number of aliphatic carboxylic acids is 1. The second-order valence-corrected chi connectivity index (χ2v) is 8.13. The number of carboxylic acid groups (broad SMARTS) is 1. The molecule has 1 spiro atoms. The van der Waals surface area contributed by atoms with Crippen molar-refractivity contribution in [1.82, 2.24) is 15.1 Å². The molecule has 2 aliphatic heterocycles. The third-order valence-corrected chi connectivity index (χ3v) is 6.16. The number of benzene rings is 2. The maximum Gasteiger partial charge on any atom is 0.323 e. The zero-order valence-electron chi connectivity index (χ0n) is 17.3. The number of carboxylic acids is 1. The van der Waals surface area contributed by atoms with Crippen LogP contribution in [0.5, 0.6) is 0 Å². The average molecular weight is 443 g/mol. The molecule has 1 atom stereocenters. The number of likely N-dealkylation sites (tertiary alicyclic amines) is 1. The first-order valence-electron chi connectivity index (χ1n) is 10.4. The second kappa shape index (κ2) is 8.66. The van der Waals surface area contributed by atoms with Crippen LogP contribution in [-0.4, -0.2) is 64.0 Å². The number of hydrogen-bond donors (Lipinski definition) is 2. The van der Waals surface area contributed by atoms with Gasteiger partial charge in [-0.25, -0.2) is 8.78 Å². The lowest BCUT2D eigenvalue weighted by Gasteiger charge is -2.44. The number of carbonyl (C=O) groups excluding carboxylic acids is 2. The molecule has 4 rings (SSSR count). The van der Waals surface area contributed by atoms with Gasteiger partial charge in [-0.05, 0) is 24.1 Å². The molecule has 7 nitrogen and oxygen atoms in total. The zero-order chi connectivity index (χ0) is 22.9. The average Bonchev–Trinajstić information content (AvgIpc) is 3.01. The number of piperidine rings is 1. The van der Waals surface area contributed by atoms with E-state index in [0.717, 1.165) is 11.6 Å². The number of hydrogen-bond acceptors (Lipinski definition) is 4. The van der Waals surface area contributed by atoms with E-state index in [1.807, 2.05) is 30.3 Å². The molecule has 2 aliphatic rings. The molecule has 2 fully saturated rings. The van der Waals surface area contributed by atoms with Crippen molar-refractivity contribution in [1.29, 1.82) is 0 Å². The van der Waals surface area contributed by atoms with Gasteiger partial charge < -0.3 is 14.9 Å². The minimum atomic E-state index is -1.19. The van der Waals surface area contributed by atoms with E-state index in [-0.39, 0.29) is 37.4 Å². The molecule has 32 heavy (non-hydrogen) atoms. The van der Waals surface area contributed by atoms with Crippen LogP contribution in [0.4, 0.5) is 8.78 Å². The van der Waals surface area contributed by atoms with Gasteiger partial charge in [0.25, 0.3) is 5.91 Å². The van der Waals surface area contributed by atoms with E-state index in [9.17, 15) is 28.3 Å². The molecule has 2 heterocycles. The summed E-state index contributed by atoms with van der Waals surface area (Å²) in [5.41, 5.74) is -0.313. The summed E-state index contributed by atoms with van der Waals surface area (Å²) in [6.07, 6.45) is 0.967. The smallest absolute Gasteiger partial charge is 0.323 e. The van der Waals surface area contributed by atoms with Gasteiger partial charge in [0.15, 0.2) is 11.6 Å². The van der Waals surface area contributed by atoms with Crippen LogP contribution in [0.3, 0.4) is 0 Å². The molecule has 2 aromatic carbocycles. The van der Waals surface area contributed by atoms with Crippen molar-refractivity contribution < 1.29 is 28.3 Å². The van der Waals surface area contributed by atoms with Crippen LogP contribution >= 0.6 is 0 Å². The first-order chi connectivity index (χ1) is 15.3. The van der Waals surface area contributed by atoms with Crippen LogP contribution < -0.4 is 5.32 Å². The Morgan fingerprint density at radius 3 is 2.41 bits per heavy atom. The fourth-order valence-corrected chi connectivity index (χ4v) is 4.55. The van der Waals surface area contributed by atoms with Gasteiger partial charge in [0.05, 0.1) is 17.3 Å². The van der Waals surface area contributed by atoms with Crippen molar-refractivity contribution in [2.45, 2.75) is 31.0 Å². The second-order valence-electron chi connectivity index (χ2n) is 8.13. The number of nitrogens with one attached hydrogen (secondary N) is 1. The lowest BCUT2D eigenvalue weighted by atomic mass is 9.95. The Morgan fingerprint density at radius 1 is 1.06 bits per heavy atom. The summed E-state index contributed by atoms with van der Waals surface area (Å²) in [5, 5.41) is 12.7. The van der Waals surface area contributed by atoms with Gasteiger partial charge in [0.2, 0.25) is 5.91 Å². The molecule has 9 heteroatoms. The van der Waals surface area contributed by atoms with Crippen molar-refractivity contribution in [3.8, 4) is 0 Å². The predicted octanol–water partition coefficient (Wildman–Crippen LogP) is 2.02. The molecule has 2 N–H and O–H groups in total. The van der Waals surface area contributed by atoms with E-state index >= 15 is 0 Å². The number of nitrogens with zero attached hydrogens (tertiary/aromatic N) is 2. The van der Waals surface area contributed by atoms with E-state index in [0.29, 0.717) is 6.42 Å². The van der Waals surface area contributed by atoms with Gasteiger partial charge in [-0.1, -0.05) is 36.4 Å². The van der Waals surface area contributed by atoms with Crippen LogP contribution in [0.15, 0.2) is 48.5 Å². The van der Waals surface area contributed by atoms with Crippen LogP contribution in [-0.2, 0) is 16.0 Å². The zero-order valence-corrected chi connectivity index (χ0v) is 17.3. The third-order valence-electron chi connectivity index (χ3n) is 6.16. The molecule has 0 aliphatic carbocycles. The molecular formula is C23H23F2N3O4. The van der Waals surface area contributed by atoms with Gasteiger partial charge in [-0.2, -0.15) is 0 Å². The molecule has 0 bridgehead atoms. The number of rotatable bonds is 5. The highest BCUT2D eigenvalue weighted by atomic mass is 19.2. The van der Waals surface area contributed by atoms with Crippen molar-refractivity contribution >= 4 is 17.8 Å². The summed E-state index contributed by atoms with van der Waals surface area (Å²) in [6, 6.07) is 12.3. The van der Waals surface area contributed by atoms with Gasteiger partial charge in [0, 0.05) is 25.9 Å². The summed E-state index contributed by atoms with van der Waals surface area (Å²) >= 11 is 0. The lowest BCUT2D eigenvalue weighted by Crippen LogP contribution is -2.60. The third kappa shape index (κ3) is 4.08. The standard InChI is InChI=1S/C23H23F2N3O4/c24-17-8-4-7-16(20(17)25)21(31)27-11-9-23(10-12-27)26-18(13-15-5-2-1-3-6-15)22(32)28(23)14-19(29)30/h1-8,18,26H,9-14H2,(H,29,30). The quantitative estimate of drug-likeness (QED) is 0.738. The van der Waals surface area contributed by atoms with Crippen LogP contribution in [0.1, 0.15) is 28.8 Å². The Bertz CT molecular complexity index is 1040. The molecular weight excluding hydrogens is 420 g/mol. The SMILES string of the molecule is O=C(O)CN1C(=O)C(Cc2ccccc2)NC12CCN(C(=O)c1cccc(F)c1F)CC2. The van der Waals surface area contributed by atoms with E-state index in [4.69, 9.17) is 0 Å². The Morgan fingerprint density at radius 2 is 1.75 bits per heavy atom. The largest absolute Gasteiger partial charge is 0.480 e. The van der Waals surface area contributed by atoms with Gasteiger partial charge in [0.1, 0.15) is 6.54 Å². The summed E-state index contributed by atoms with van der Waals surface area (Å²) in [4.78, 5) is 40.0. The van der Waals surface area contributed by atoms with Gasteiger partial charge >= 0.3 is 5.97 Å². The molecule has 0 radical (unpaired) electrons. The Balaban J connectivity index is 1.51. The fourth-order valence-electron chi connectivity index (χ4n) is 4.55. The van der Waals surface area contributed by atoms with Crippen LogP contribution in [0, 0.1) is 11.6 Å². The Labute approximate surface area is 183 Å². The van der Waals surface area contributed by atoms with Gasteiger partial charge in [-0.3, -0.25) is 19.7 Å². The first-order valence-corrected chi connectivity index (χ1v) is 10.4. The molecule has 0 aromatic heterocycles. The van der Waals surface area contributed by atoms with E-state index in [1.54, 1.807) is 0 Å². The highest BCUT2D eigenvalue weighted by Gasteiger charge is 2.52. The number of amides is 2. The first kappa shape index (κ1) is 21.9. The summed E-state index contributed by atoms with van der Waals surface area (Å²) < 4.78 is 27.6. The molecule has 0 saturated carbocycles. The molecule has 1 unspecified atom stereocenters. The Hall–Kier alpha value is -3.33. The highest BCUT2D eigenvalue weighted by Crippen LogP contribution is 2.34. The highest BCUT2D eigenvalue weighted by molar-refractivity contribution is 5.94. The normalized spacial score (nSPS) is 20.1.